The van der Waals surface area contributed by atoms with Crippen LogP contribution in [-0.4, -0.2) is 36.1 Å². The average molecular weight is 363 g/mol. The van der Waals surface area contributed by atoms with E-state index in [0.29, 0.717) is 0 Å². The van der Waals surface area contributed by atoms with Crippen LogP contribution in [0.4, 0.5) is 5.69 Å². The van der Waals surface area contributed by atoms with Crippen molar-refractivity contribution in [3.05, 3.63) is 41.5 Å². The minimum Gasteiger partial charge on any atom is -0.372 e. The summed E-state index contributed by atoms with van der Waals surface area (Å²) in [7, 11) is 0. The molecule has 2 bridgehead atoms. The van der Waals surface area contributed by atoms with Gasteiger partial charge >= 0.3 is 0 Å². The van der Waals surface area contributed by atoms with Crippen molar-refractivity contribution in [2.24, 2.45) is 28.8 Å². The molecular formula is C22H25N3O2. The Morgan fingerprint density at radius 1 is 1.00 bits per heavy atom. The second-order valence-electron chi connectivity index (χ2n) is 8.32. The summed E-state index contributed by atoms with van der Waals surface area (Å²) in [6.07, 6.45) is 10.6. The van der Waals surface area contributed by atoms with Gasteiger partial charge in [-0.1, -0.05) is 18.2 Å². The van der Waals surface area contributed by atoms with Crippen molar-refractivity contribution in [3.8, 4) is 0 Å². The highest BCUT2D eigenvalue weighted by molar-refractivity contribution is 6.06. The molecule has 4 aliphatic rings. The third kappa shape index (κ3) is 2.63. The molecule has 2 saturated heterocycles. The van der Waals surface area contributed by atoms with E-state index in [1.54, 1.807) is 6.21 Å². The Hall–Kier alpha value is -2.43. The van der Waals surface area contributed by atoms with E-state index in [0.717, 1.165) is 35.6 Å². The van der Waals surface area contributed by atoms with E-state index in [-0.39, 0.29) is 35.5 Å². The van der Waals surface area contributed by atoms with E-state index in [4.69, 9.17) is 0 Å². The number of benzene rings is 1. The number of imide groups is 1. The number of allylic oxidation sites excluding steroid dienone is 2. The molecule has 0 N–H and O–H groups in total. The molecule has 2 aliphatic carbocycles. The summed E-state index contributed by atoms with van der Waals surface area (Å²) in [5.41, 5.74) is 3.31. The number of anilines is 1. The van der Waals surface area contributed by atoms with E-state index < -0.39 is 0 Å². The average Bonchev–Trinajstić information content (AvgIpc) is 3.36. The Morgan fingerprint density at radius 3 is 2.30 bits per heavy atom. The molecule has 1 aromatic carbocycles. The van der Waals surface area contributed by atoms with Crippen molar-refractivity contribution >= 4 is 23.7 Å². The smallest absolute Gasteiger partial charge is 0.254 e. The second-order valence-corrected chi connectivity index (χ2v) is 8.32. The summed E-state index contributed by atoms with van der Waals surface area (Å²) >= 11 is 0. The van der Waals surface area contributed by atoms with Gasteiger partial charge in [-0.2, -0.15) is 10.1 Å². The topological polar surface area (TPSA) is 53.0 Å². The molecular weight excluding hydrogens is 338 g/mol. The maximum absolute atomic E-state index is 12.7. The highest BCUT2D eigenvalue weighted by atomic mass is 16.2. The van der Waals surface area contributed by atoms with Gasteiger partial charge in [0.05, 0.1) is 18.1 Å². The predicted molar refractivity (Wildman–Crippen MR) is 104 cm³/mol. The fraction of sp³-hybridized carbons (Fsp3) is 0.500. The number of carbonyl (C=O) groups is 2. The molecule has 0 radical (unpaired) electrons. The molecule has 2 heterocycles. The van der Waals surface area contributed by atoms with Crippen molar-refractivity contribution in [2.45, 2.75) is 32.6 Å². The molecule has 0 spiro atoms. The first-order valence-electron chi connectivity index (χ1n) is 10.1. The van der Waals surface area contributed by atoms with Crippen molar-refractivity contribution < 1.29 is 9.59 Å². The number of rotatable bonds is 3. The van der Waals surface area contributed by atoms with Gasteiger partial charge in [-0.25, -0.2) is 0 Å². The molecule has 140 valence electrons. The van der Waals surface area contributed by atoms with Crippen LogP contribution in [0.5, 0.6) is 0 Å². The quantitative estimate of drug-likeness (QED) is 0.471. The number of nitrogens with zero attached hydrogens (tertiary/aromatic N) is 3. The van der Waals surface area contributed by atoms with Crippen LogP contribution in [0.25, 0.3) is 0 Å². The Morgan fingerprint density at radius 2 is 1.67 bits per heavy atom. The largest absolute Gasteiger partial charge is 0.372 e. The van der Waals surface area contributed by atoms with Gasteiger partial charge in [0.2, 0.25) is 0 Å². The Balaban J connectivity index is 1.34. The van der Waals surface area contributed by atoms with E-state index in [1.165, 1.54) is 24.9 Å². The van der Waals surface area contributed by atoms with Crippen molar-refractivity contribution in [3.63, 3.8) is 0 Å². The molecule has 0 aromatic heterocycles. The van der Waals surface area contributed by atoms with E-state index in [9.17, 15) is 9.59 Å². The number of amides is 2. The third-order valence-electron chi connectivity index (χ3n) is 6.73. The molecule has 3 fully saturated rings. The van der Waals surface area contributed by atoms with Crippen LogP contribution in [0.1, 0.15) is 36.8 Å². The summed E-state index contributed by atoms with van der Waals surface area (Å²) in [5, 5.41) is 5.43. The highest BCUT2D eigenvalue weighted by Gasteiger charge is 2.59. The Bertz CT molecular complexity index is 823. The molecule has 5 rings (SSSR count). The lowest BCUT2D eigenvalue weighted by molar-refractivity contribution is -0.140. The van der Waals surface area contributed by atoms with Gasteiger partial charge in [0.1, 0.15) is 0 Å². The molecule has 2 aliphatic heterocycles. The number of hydrogen-bond acceptors (Lipinski definition) is 4. The number of carbonyl (C=O) groups excluding carboxylic acids is 2. The molecule has 4 atom stereocenters. The zero-order chi connectivity index (χ0) is 18.5. The molecule has 5 nitrogen and oxygen atoms in total. The van der Waals surface area contributed by atoms with Crippen LogP contribution in [0.15, 0.2) is 35.5 Å². The Kier molecular flexibility index (Phi) is 3.92. The SMILES string of the molecule is Cc1cc(N2CCCCC2)ccc1C=NN1C(=O)[C@@H]2[C@H](C1=O)[C@H]1C=C[C@H]2C1. The van der Waals surface area contributed by atoms with Crippen LogP contribution in [-0.2, 0) is 9.59 Å². The van der Waals surface area contributed by atoms with Gasteiger partial charge in [0.15, 0.2) is 0 Å². The van der Waals surface area contributed by atoms with Crippen LogP contribution >= 0.6 is 0 Å². The zero-order valence-corrected chi connectivity index (χ0v) is 15.7. The lowest BCUT2D eigenvalue weighted by Crippen LogP contribution is -2.29. The first-order chi connectivity index (χ1) is 13.1. The maximum atomic E-state index is 12.7. The fourth-order valence-corrected chi connectivity index (χ4v) is 5.27. The molecule has 1 aromatic rings. The van der Waals surface area contributed by atoms with Gasteiger partial charge in [-0.15, -0.1) is 0 Å². The van der Waals surface area contributed by atoms with Crippen LogP contribution in [0.3, 0.4) is 0 Å². The number of fused-ring (bicyclic) bond motifs is 5. The third-order valence-corrected chi connectivity index (χ3v) is 6.73. The predicted octanol–water partition coefficient (Wildman–Crippen LogP) is 3.13. The van der Waals surface area contributed by atoms with Crippen molar-refractivity contribution in [1.82, 2.24) is 5.01 Å². The second kappa shape index (κ2) is 6.32. The fourth-order valence-electron chi connectivity index (χ4n) is 5.27. The molecule has 2 amide bonds. The van der Waals surface area contributed by atoms with Crippen molar-refractivity contribution in [1.29, 1.82) is 0 Å². The summed E-state index contributed by atoms with van der Waals surface area (Å²) in [6.45, 7) is 4.28. The standard InChI is InChI=1S/C22H25N3O2/c1-14-11-18(24-9-3-2-4-10-24)8-7-17(14)13-23-25-21(26)19-15-5-6-16(12-15)20(19)22(25)27/h5-8,11,13,15-16,19-20H,2-4,9-10,12H2,1H3/t15-,16-,19-,20+/m0/s1. The molecule has 0 unspecified atom stereocenters. The molecule has 1 saturated carbocycles. The van der Waals surface area contributed by atoms with E-state index in [1.807, 2.05) is 6.07 Å². The normalized spacial score (nSPS) is 32.2. The summed E-state index contributed by atoms with van der Waals surface area (Å²) in [4.78, 5) is 27.8. The minimum absolute atomic E-state index is 0.124. The molecule has 5 heteroatoms. The van der Waals surface area contributed by atoms with Gasteiger partial charge in [-0.3, -0.25) is 9.59 Å². The zero-order valence-electron chi connectivity index (χ0n) is 15.7. The number of piperidine rings is 1. The van der Waals surface area contributed by atoms with Gasteiger partial charge < -0.3 is 4.90 Å². The summed E-state index contributed by atoms with van der Waals surface area (Å²) < 4.78 is 0. The maximum Gasteiger partial charge on any atom is 0.254 e. The summed E-state index contributed by atoms with van der Waals surface area (Å²) in [6, 6.07) is 6.34. The van der Waals surface area contributed by atoms with Crippen molar-refractivity contribution in [2.75, 3.05) is 18.0 Å². The first-order valence-corrected chi connectivity index (χ1v) is 10.1. The van der Waals surface area contributed by atoms with Gasteiger partial charge in [0.25, 0.3) is 11.8 Å². The monoisotopic (exact) mass is 363 g/mol. The summed E-state index contributed by atoms with van der Waals surface area (Å²) in [5.74, 6) is -0.176. The van der Waals surface area contributed by atoms with Crippen LogP contribution in [0, 0.1) is 30.6 Å². The number of hydrazone groups is 1. The first kappa shape index (κ1) is 16.7. The lowest BCUT2D eigenvalue weighted by atomic mass is 9.85. The number of aryl methyl sites for hydroxylation is 1. The number of hydrogen-bond donors (Lipinski definition) is 0. The Labute approximate surface area is 159 Å². The lowest BCUT2D eigenvalue weighted by Gasteiger charge is -2.29. The van der Waals surface area contributed by atoms with E-state index in [2.05, 4.69) is 41.2 Å². The van der Waals surface area contributed by atoms with Gasteiger partial charge in [0, 0.05) is 18.8 Å². The minimum atomic E-state index is -0.188. The van der Waals surface area contributed by atoms with Crippen LogP contribution in [0.2, 0.25) is 0 Å². The van der Waals surface area contributed by atoms with Crippen LogP contribution < -0.4 is 4.90 Å². The van der Waals surface area contributed by atoms with E-state index >= 15 is 0 Å². The van der Waals surface area contributed by atoms with Gasteiger partial charge in [-0.05, 0) is 67.7 Å². The highest BCUT2D eigenvalue weighted by Crippen LogP contribution is 2.52. The molecule has 27 heavy (non-hydrogen) atoms.